The van der Waals surface area contributed by atoms with Gasteiger partial charge in [0, 0.05) is 12.6 Å². The lowest BCUT2D eigenvalue weighted by molar-refractivity contribution is 0.547. The van der Waals surface area contributed by atoms with E-state index in [0.29, 0.717) is 24.4 Å². The van der Waals surface area contributed by atoms with Crippen LogP contribution in [0.25, 0.3) is 0 Å². The highest BCUT2D eigenvalue weighted by molar-refractivity contribution is 7.91. The van der Waals surface area contributed by atoms with E-state index in [0.717, 1.165) is 11.8 Å². The van der Waals surface area contributed by atoms with Crippen molar-refractivity contribution < 1.29 is 16.8 Å². The lowest BCUT2D eigenvalue weighted by Gasteiger charge is -2.12. The van der Waals surface area contributed by atoms with Gasteiger partial charge in [-0.15, -0.1) is 0 Å². The summed E-state index contributed by atoms with van der Waals surface area (Å²) < 4.78 is 48.1. The van der Waals surface area contributed by atoms with Gasteiger partial charge in [-0.1, -0.05) is 18.2 Å². The minimum Gasteiger partial charge on any atom is -0.309 e. The van der Waals surface area contributed by atoms with E-state index >= 15 is 0 Å². The topological polar surface area (TPSA) is 92.3 Å². The molecule has 0 saturated heterocycles. The smallest absolute Gasteiger partial charge is 0.208 e. The van der Waals surface area contributed by atoms with E-state index in [1.54, 1.807) is 12.1 Å². The maximum atomic E-state index is 12.0. The molecule has 2 N–H and O–H groups in total. The predicted octanol–water partition coefficient (Wildman–Crippen LogP) is 0.0439. The van der Waals surface area contributed by atoms with Crippen molar-refractivity contribution in [3.05, 3.63) is 29.8 Å². The molecule has 2 rings (SSSR count). The first-order valence-electron chi connectivity index (χ1n) is 6.29. The zero-order chi connectivity index (χ0) is 14.8. The normalized spacial score (nSPS) is 20.8. The Bertz CT molecular complexity index is 683. The van der Waals surface area contributed by atoms with Crippen LogP contribution in [0, 0.1) is 0 Å². The Labute approximate surface area is 119 Å². The number of nitrogens with one attached hydrogen (secondary N) is 2. The predicted molar refractivity (Wildman–Crippen MR) is 76.7 cm³/mol. The molecule has 0 saturated carbocycles. The molecular weight excluding hydrogens is 300 g/mol. The van der Waals surface area contributed by atoms with Gasteiger partial charge in [0.25, 0.3) is 0 Å². The zero-order valence-corrected chi connectivity index (χ0v) is 12.8. The number of rotatable bonds is 6. The second-order valence-electron chi connectivity index (χ2n) is 4.85. The Morgan fingerprint density at radius 1 is 1.25 bits per heavy atom. The molecule has 1 aromatic carbocycles. The summed E-state index contributed by atoms with van der Waals surface area (Å²) in [4.78, 5) is 0.395. The molecule has 0 radical (unpaired) electrons. The molecule has 6 nitrogen and oxygen atoms in total. The van der Waals surface area contributed by atoms with Gasteiger partial charge in [-0.25, -0.2) is 21.6 Å². The van der Waals surface area contributed by atoms with Crippen LogP contribution in [0.1, 0.15) is 18.0 Å². The van der Waals surface area contributed by atoms with Crippen LogP contribution in [-0.4, -0.2) is 41.9 Å². The molecule has 0 aliphatic carbocycles. The first-order valence-corrected chi connectivity index (χ1v) is 9.84. The number of sulfone groups is 1. The summed E-state index contributed by atoms with van der Waals surface area (Å²) in [7, 11) is -6.36. The van der Waals surface area contributed by atoms with E-state index in [-0.39, 0.29) is 11.8 Å². The molecule has 1 heterocycles. The summed E-state index contributed by atoms with van der Waals surface area (Å²) in [5.41, 5.74) is 0.795. The van der Waals surface area contributed by atoms with E-state index in [4.69, 9.17) is 0 Å². The highest BCUT2D eigenvalue weighted by Crippen LogP contribution is 2.32. The minimum absolute atomic E-state index is 0.0614. The van der Waals surface area contributed by atoms with E-state index in [2.05, 4.69) is 10.0 Å². The molecule has 0 aromatic heterocycles. The van der Waals surface area contributed by atoms with Crippen LogP contribution in [0.5, 0.6) is 0 Å². The molecule has 0 amide bonds. The van der Waals surface area contributed by atoms with Crippen molar-refractivity contribution in [3.8, 4) is 0 Å². The van der Waals surface area contributed by atoms with Crippen molar-refractivity contribution in [3.63, 3.8) is 0 Å². The van der Waals surface area contributed by atoms with Gasteiger partial charge in [0.15, 0.2) is 9.84 Å². The average Bonchev–Trinajstić information content (AvgIpc) is 2.60. The summed E-state index contributed by atoms with van der Waals surface area (Å²) >= 11 is 0. The third-order valence-corrected chi connectivity index (χ3v) is 5.67. The average molecular weight is 318 g/mol. The molecule has 0 fully saturated rings. The van der Waals surface area contributed by atoms with E-state index in [9.17, 15) is 16.8 Å². The summed E-state index contributed by atoms with van der Waals surface area (Å²) in [6.07, 6.45) is 1.71. The first-order chi connectivity index (χ1) is 9.30. The number of sulfonamides is 1. The third-order valence-electron chi connectivity index (χ3n) is 3.12. The number of hydrogen-bond acceptors (Lipinski definition) is 5. The summed E-state index contributed by atoms with van der Waals surface area (Å²) in [6, 6.07) is 6.76. The SMILES string of the molecule is CS(=O)(=O)NCCCNC1CS(=O)(=O)c2ccccc21. The van der Waals surface area contributed by atoms with Crippen LogP contribution in [0.4, 0.5) is 0 Å². The molecule has 0 bridgehead atoms. The summed E-state index contributed by atoms with van der Waals surface area (Å²) in [5, 5.41) is 3.17. The fourth-order valence-corrected chi connectivity index (χ4v) is 4.53. The molecule has 1 aliphatic rings. The lowest BCUT2D eigenvalue weighted by Crippen LogP contribution is -2.28. The fourth-order valence-electron chi connectivity index (χ4n) is 2.24. The Hall–Kier alpha value is -0.960. The van der Waals surface area contributed by atoms with Crippen molar-refractivity contribution in [2.45, 2.75) is 17.4 Å². The molecular formula is C12H18N2O4S2. The van der Waals surface area contributed by atoms with E-state index in [1.165, 1.54) is 0 Å². The molecule has 112 valence electrons. The van der Waals surface area contributed by atoms with E-state index in [1.807, 2.05) is 12.1 Å². The number of fused-ring (bicyclic) bond motifs is 1. The van der Waals surface area contributed by atoms with Crippen molar-refractivity contribution in [2.24, 2.45) is 0 Å². The second kappa shape index (κ2) is 5.80. The third kappa shape index (κ3) is 3.78. The molecule has 1 unspecified atom stereocenters. The van der Waals surface area contributed by atoms with Gasteiger partial charge in [0.05, 0.1) is 16.9 Å². The molecule has 1 atom stereocenters. The molecule has 1 aromatic rings. The maximum Gasteiger partial charge on any atom is 0.208 e. The van der Waals surface area contributed by atoms with Crippen molar-refractivity contribution in [1.29, 1.82) is 0 Å². The van der Waals surface area contributed by atoms with Gasteiger partial charge < -0.3 is 5.32 Å². The Balaban J connectivity index is 1.90. The summed E-state index contributed by atoms with van der Waals surface area (Å²) in [5.74, 6) is 0.0614. The van der Waals surface area contributed by atoms with Crippen LogP contribution < -0.4 is 10.0 Å². The first kappa shape index (κ1) is 15.4. The Morgan fingerprint density at radius 3 is 2.65 bits per heavy atom. The minimum atomic E-state index is -3.19. The van der Waals surface area contributed by atoms with Crippen LogP contribution >= 0.6 is 0 Å². The monoisotopic (exact) mass is 318 g/mol. The zero-order valence-electron chi connectivity index (χ0n) is 11.2. The highest BCUT2D eigenvalue weighted by atomic mass is 32.2. The molecule has 1 aliphatic heterocycles. The van der Waals surface area contributed by atoms with Crippen LogP contribution in [-0.2, 0) is 19.9 Å². The van der Waals surface area contributed by atoms with Crippen molar-refractivity contribution in [1.82, 2.24) is 10.0 Å². The van der Waals surface area contributed by atoms with Gasteiger partial charge in [0.2, 0.25) is 10.0 Å². The Kier molecular flexibility index (Phi) is 4.48. The largest absolute Gasteiger partial charge is 0.309 e. The lowest BCUT2D eigenvalue weighted by atomic mass is 10.1. The molecule has 20 heavy (non-hydrogen) atoms. The van der Waals surface area contributed by atoms with Crippen molar-refractivity contribution >= 4 is 19.9 Å². The Morgan fingerprint density at radius 2 is 1.95 bits per heavy atom. The number of hydrogen-bond donors (Lipinski definition) is 2. The van der Waals surface area contributed by atoms with E-state index < -0.39 is 19.9 Å². The molecule has 8 heteroatoms. The highest BCUT2D eigenvalue weighted by Gasteiger charge is 2.33. The van der Waals surface area contributed by atoms with Crippen LogP contribution in [0.2, 0.25) is 0 Å². The van der Waals surface area contributed by atoms with Gasteiger partial charge in [-0.05, 0) is 24.6 Å². The fraction of sp³-hybridized carbons (Fsp3) is 0.500. The van der Waals surface area contributed by atoms with Gasteiger partial charge in [0.1, 0.15) is 0 Å². The summed E-state index contributed by atoms with van der Waals surface area (Å²) in [6.45, 7) is 0.893. The second-order valence-corrected chi connectivity index (χ2v) is 8.68. The van der Waals surface area contributed by atoms with Gasteiger partial charge >= 0.3 is 0 Å². The standard InChI is InChI=1S/C12H18N2O4S2/c1-19(15,16)14-8-4-7-13-11-9-20(17,18)12-6-3-2-5-10(11)12/h2-3,5-6,11,13-14H,4,7-9H2,1H3. The molecule has 0 spiro atoms. The van der Waals surface area contributed by atoms with Crippen LogP contribution in [0.3, 0.4) is 0 Å². The number of benzene rings is 1. The maximum absolute atomic E-state index is 12.0. The quantitative estimate of drug-likeness (QED) is 0.723. The van der Waals surface area contributed by atoms with Crippen LogP contribution in [0.15, 0.2) is 29.2 Å². The van der Waals surface area contributed by atoms with Gasteiger partial charge in [-0.2, -0.15) is 0 Å². The van der Waals surface area contributed by atoms with Crippen molar-refractivity contribution in [2.75, 3.05) is 25.1 Å². The van der Waals surface area contributed by atoms with Gasteiger partial charge in [-0.3, -0.25) is 0 Å².